The highest BCUT2D eigenvalue weighted by Gasteiger charge is 2.22. The fourth-order valence-corrected chi connectivity index (χ4v) is 1.44. The quantitative estimate of drug-likeness (QED) is 0.738. The maximum Gasteiger partial charge on any atom is 0.172 e. The van der Waals surface area contributed by atoms with Crippen LogP contribution in [0.5, 0.6) is 0 Å². The molecule has 0 radical (unpaired) electrons. The Labute approximate surface area is 91.1 Å². The molecule has 0 aliphatic carbocycles. The molecule has 1 atom stereocenters. The Morgan fingerprint density at radius 2 is 2.13 bits per heavy atom. The Morgan fingerprint density at radius 1 is 1.47 bits per heavy atom. The lowest BCUT2D eigenvalue weighted by atomic mass is 10.1. The fourth-order valence-electron chi connectivity index (χ4n) is 1.32. The summed E-state index contributed by atoms with van der Waals surface area (Å²) in [6.07, 6.45) is -0.750. The van der Waals surface area contributed by atoms with Crippen LogP contribution in [0, 0.1) is 0 Å². The molecule has 5 heteroatoms. The van der Waals surface area contributed by atoms with Gasteiger partial charge in [0.15, 0.2) is 6.10 Å². The summed E-state index contributed by atoms with van der Waals surface area (Å²) in [5, 5.41) is 14.8. The summed E-state index contributed by atoms with van der Waals surface area (Å²) in [4.78, 5) is 15.2. The van der Waals surface area contributed by atoms with E-state index in [1.807, 2.05) is 0 Å². The number of carboxylic acid groups (broad SMARTS) is 1. The third-order valence-corrected chi connectivity index (χ3v) is 2.36. The molecule has 2 rings (SSSR count). The van der Waals surface area contributed by atoms with Crippen LogP contribution in [-0.2, 0) is 9.63 Å². The predicted molar refractivity (Wildman–Crippen MR) is 52.5 cm³/mol. The second-order valence-electron chi connectivity index (χ2n) is 3.16. The van der Waals surface area contributed by atoms with Crippen molar-refractivity contribution in [3.63, 3.8) is 0 Å². The molecule has 0 N–H and O–H groups in total. The van der Waals surface area contributed by atoms with Gasteiger partial charge in [-0.2, -0.15) is 0 Å². The molecule has 0 amide bonds. The van der Waals surface area contributed by atoms with Crippen LogP contribution in [0.15, 0.2) is 29.4 Å². The Balaban J connectivity index is 2.14. The number of nitrogens with zero attached hydrogens (tertiary/aromatic N) is 1. The highest BCUT2D eigenvalue weighted by molar-refractivity contribution is 6.30. The number of carbonyl (C=O) groups is 1. The number of hydrogen-bond donors (Lipinski definition) is 0. The van der Waals surface area contributed by atoms with Crippen LogP contribution in [-0.4, -0.2) is 17.8 Å². The molecule has 1 aliphatic rings. The highest BCUT2D eigenvalue weighted by atomic mass is 35.5. The molecule has 0 bridgehead atoms. The second kappa shape index (κ2) is 3.90. The molecule has 78 valence electrons. The zero-order valence-corrected chi connectivity index (χ0v) is 8.40. The van der Waals surface area contributed by atoms with E-state index < -0.39 is 12.1 Å². The van der Waals surface area contributed by atoms with Crippen molar-refractivity contribution in [1.82, 2.24) is 0 Å². The van der Waals surface area contributed by atoms with Crippen molar-refractivity contribution in [1.29, 1.82) is 0 Å². The largest absolute Gasteiger partial charge is 0.546 e. The maximum absolute atomic E-state index is 10.5. The van der Waals surface area contributed by atoms with Gasteiger partial charge < -0.3 is 14.7 Å². The number of rotatable bonds is 2. The number of hydrogen-bond acceptors (Lipinski definition) is 4. The molecule has 1 aromatic carbocycles. The van der Waals surface area contributed by atoms with Crippen LogP contribution in [0.4, 0.5) is 0 Å². The molecule has 0 spiro atoms. The lowest BCUT2D eigenvalue weighted by Crippen LogP contribution is -2.35. The molecule has 15 heavy (non-hydrogen) atoms. The average Bonchev–Trinajstić information content (AvgIpc) is 2.68. The van der Waals surface area contributed by atoms with E-state index in [1.54, 1.807) is 24.3 Å². The van der Waals surface area contributed by atoms with E-state index in [0.717, 1.165) is 5.56 Å². The van der Waals surface area contributed by atoms with Crippen molar-refractivity contribution in [2.75, 3.05) is 0 Å². The summed E-state index contributed by atoms with van der Waals surface area (Å²) in [6.45, 7) is 0. The Morgan fingerprint density at radius 3 is 2.67 bits per heavy atom. The maximum atomic E-state index is 10.5. The van der Waals surface area contributed by atoms with Gasteiger partial charge in [0, 0.05) is 11.4 Å². The molecular formula is C10H7ClNO3-. The van der Waals surface area contributed by atoms with Crippen molar-refractivity contribution < 1.29 is 14.7 Å². The second-order valence-corrected chi connectivity index (χ2v) is 3.60. The van der Waals surface area contributed by atoms with Crippen molar-refractivity contribution in [2.24, 2.45) is 5.16 Å². The molecular weight excluding hydrogens is 218 g/mol. The lowest BCUT2D eigenvalue weighted by molar-refractivity contribution is -0.315. The molecule has 4 nitrogen and oxygen atoms in total. The van der Waals surface area contributed by atoms with Crippen molar-refractivity contribution in [3.8, 4) is 0 Å². The zero-order valence-electron chi connectivity index (χ0n) is 7.64. The van der Waals surface area contributed by atoms with Gasteiger partial charge >= 0.3 is 0 Å². The number of aliphatic carboxylic acids is 1. The number of halogens is 1. The lowest BCUT2D eigenvalue weighted by Gasteiger charge is -2.07. The van der Waals surface area contributed by atoms with Crippen molar-refractivity contribution >= 4 is 23.3 Å². The van der Waals surface area contributed by atoms with Gasteiger partial charge in [-0.3, -0.25) is 0 Å². The van der Waals surface area contributed by atoms with E-state index >= 15 is 0 Å². The van der Waals surface area contributed by atoms with Crippen LogP contribution in [0.3, 0.4) is 0 Å². The third-order valence-electron chi connectivity index (χ3n) is 2.11. The molecule has 1 aliphatic heterocycles. The SMILES string of the molecule is O=C([O-])[C@@H]1CC(c2ccc(Cl)cc2)=NO1. The van der Waals surface area contributed by atoms with E-state index in [1.165, 1.54) is 0 Å². The van der Waals surface area contributed by atoms with Gasteiger partial charge in [-0.15, -0.1) is 0 Å². The van der Waals surface area contributed by atoms with Gasteiger partial charge in [-0.05, 0) is 17.7 Å². The number of benzene rings is 1. The molecule has 0 aromatic heterocycles. The van der Waals surface area contributed by atoms with Crippen molar-refractivity contribution in [3.05, 3.63) is 34.9 Å². The van der Waals surface area contributed by atoms with E-state index in [-0.39, 0.29) is 6.42 Å². The Bertz CT molecular complexity index is 413. The molecule has 0 saturated heterocycles. The molecule has 1 heterocycles. The monoisotopic (exact) mass is 224 g/mol. The summed E-state index contributed by atoms with van der Waals surface area (Å²) in [5.41, 5.74) is 1.41. The van der Waals surface area contributed by atoms with Crippen LogP contribution < -0.4 is 5.11 Å². The molecule has 0 saturated carbocycles. The van der Waals surface area contributed by atoms with Gasteiger partial charge in [-0.25, -0.2) is 0 Å². The van der Waals surface area contributed by atoms with Crippen LogP contribution in [0.1, 0.15) is 12.0 Å². The summed E-state index contributed by atoms with van der Waals surface area (Å²) in [5.74, 6) is -1.25. The first kappa shape index (κ1) is 9.98. The van der Waals surface area contributed by atoms with Gasteiger partial charge in [-0.1, -0.05) is 28.9 Å². The number of carbonyl (C=O) groups excluding carboxylic acids is 1. The van der Waals surface area contributed by atoms with E-state index in [9.17, 15) is 9.90 Å². The number of oxime groups is 1. The Kier molecular flexibility index (Phi) is 2.60. The van der Waals surface area contributed by atoms with E-state index in [2.05, 4.69) is 5.16 Å². The summed E-state index contributed by atoms with van der Waals surface area (Å²) < 4.78 is 0. The van der Waals surface area contributed by atoms with Gasteiger partial charge in [0.1, 0.15) is 0 Å². The summed E-state index contributed by atoms with van der Waals surface area (Å²) >= 11 is 5.72. The van der Waals surface area contributed by atoms with Gasteiger partial charge in [0.25, 0.3) is 0 Å². The average molecular weight is 225 g/mol. The minimum atomic E-state index is -1.25. The van der Waals surface area contributed by atoms with Gasteiger partial charge in [0.05, 0.1) is 11.7 Å². The first-order valence-corrected chi connectivity index (χ1v) is 4.74. The molecule has 0 fully saturated rings. The standard InChI is InChI=1S/C10H8ClNO3/c11-7-3-1-6(2-4-7)8-5-9(10(13)14)15-12-8/h1-4,9H,5H2,(H,13,14)/p-1/t9-/m0/s1. The van der Waals surface area contributed by atoms with E-state index in [4.69, 9.17) is 16.4 Å². The van der Waals surface area contributed by atoms with Crippen molar-refractivity contribution in [2.45, 2.75) is 12.5 Å². The first-order chi connectivity index (χ1) is 7.16. The topological polar surface area (TPSA) is 61.7 Å². The molecule has 1 aromatic rings. The number of carboxylic acids is 1. The summed E-state index contributed by atoms with van der Waals surface area (Å²) in [6, 6.07) is 6.96. The smallest absolute Gasteiger partial charge is 0.172 e. The Hall–Kier alpha value is -1.55. The molecule has 0 unspecified atom stereocenters. The van der Waals surface area contributed by atoms with Crippen LogP contribution >= 0.6 is 11.6 Å². The normalized spacial score (nSPS) is 19.5. The minimum absolute atomic E-state index is 0.226. The van der Waals surface area contributed by atoms with E-state index in [0.29, 0.717) is 10.7 Å². The van der Waals surface area contributed by atoms with Crippen LogP contribution in [0.25, 0.3) is 0 Å². The third kappa shape index (κ3) is 2.10. The minimum Gasteiger partial charge on any atom is -0.546 e. The van der Waals surface area contributed by atoms with Crippen LogP contribution in [0.2, 0.25) is 5.02 Å². The fraction of sp³-hybridized carbons (Fsp3) is 0.200. The highest BCUT2D eigenvalue weighted by Crippen LogP contribution is 2.18. The first-order valence-electron chi connectivity index (χ1n) is 4.36. The zero-order chi connectivity index (χ0) is 10.8. The predicted octanol–water partition coefficient (Wildman–Crippen LogP) is 0.583. The summed E-state index contributed by atoms with van der Waals surface area (Å²) in [7, 11) is 0. The van der Waals surface area contributed by atoms with Gasteiger partial charge in [0.2, 0.25) is 0 Å².